The summed E-state index contributed by atoms with van der Waals surface area (Å²) in [6.45, 7) is 4.17. The lowest BCUT2D eigenvalue weighted by Crippen LogP contribution is -2.41. The van der Waals surface area contributed by atoms with Crippen LogP contribution < -0.4 is 5.32 Å². The van der Waals surface area contributed by atoms with Crippen molar-refractivity contribution in [3.8, 4) is 0 Å². The molecule has 34 heavy (non-hydrogen) atoms. The van der Waals surface area contributed by atoms with Gasteiger partial charge in [0.05, 0.1) is 11.0 Å². The number of nitrogens with one attached hydrogen (secondary N) is 1. The molecule has 1 amide bonds. The van der Waals surface area contributed by atoms with E-state index in [1.165, 1.54) is 22.5 Å². The monoisotopic (exact) mass is 488 g/mol. The minimum atomic E-state index is -3.94. The number of fused-ring (bicyclic) bond motifs is 1. The van der Waals surface area contributed by atoms with Crippen molar-refractivity contribution < 1.29 is 22.3 Å². The van der Waals surface area contributed by atoms with Crippen molar-refractivity contribution in [2.24, 2.45) is 5.92 Å². The van der Waals surface area contributed by atoms with Gasteiger partial charge in [-0.1, -0.05) is 24.3 Å². The highest BCUT2D eigenvalue weighted by atomic mass is 32.2. The van der Waals surface area contributed by atoms with E-state index in [-0.39, 0.29) is 29.8 Å². The third-order valence-electron chi connectivity index (χ3n) is 6.04. The van der Waals surface area contributed by atoms with E-state index in [1.807, 2.05) is 35.8 Å². The molecule has 3 aromatic rings. The Morgan fingerprint density at radius 2 is 1.85 bits per heavy atom. The molecular weight excluding hydrogens is 459 g/mol. The van der Waals surface area contributed by atoms with Crippen LogP contribution in [0, 0.1) is 11.7 Å². The molecule has 0 radical (unpaired) electrons. The maximum Gasteiger partial charge on any atom is 0.245 e. The lowest BCUT2D eigenvalue weighted by Gasteiger charge is -2.30. The van der Waals surface area contributed by atoms with Crippen molar-refractivity contribution in [2.45, 2.75) is 37.6 Å². The third-order valence-corrected chi connectivity index (χ3v) is 7.98. The molecule has 0 atom stereocenters. The lowest BCUT2D eigenvalue weighted by atomic mass is 9.97. The van der Waals surface area contributed by atoms with Gasteiger partial charge in [-0.05, 0) is 50.5 Å². The zero-order valence-electron chi connectivity index (χ0n) is 19.1. The number of nitrogens with zero attached hydrogens (tertiary/aromatic N) is 3. The number of piperidine rings is 1. The number of anilines is 1. The maximum atomic E-state index is 14.1. The highest BCUT2D eigenvalue weighted by molar-refractivity contribution is 7.89. The van der Waals surface area contributed by atoms with Crippen LogP contribution in [0.5, 0.6) is 0 Å². The summed E-state index contributed by atoms with van der Waals surface area (Å²) >= 11 is 0. The van der Waals surface area contributed by atoms with E-state index in [0.29, 0.717) is 38.5 Å². The molecule has 182 valence electrons. The van der Waals surface area contributed by atoms with E-state index in [1.54, 1.807) is 0 Å². The number of amides is 1. The number of imidazole rings is 1. The van der Waals surface area contributed by atoms with Crippen LogP contribution in [0.1, 0.15) is 26.2 Å². The number of sulfonamides is 1. The van der Waals surface area contributed by atoms with Crippen molar-refractivity contribution in [1.29, 1.82) is 0 Å². The van der Waals surface area contributed by atoms with Crippen LogP contribution in [0.25, 0.3) is 11.0 Å². The SMILES string of the molecule is CCOCCCn1c(NC(=O)C2CCN(S(=O)(=O)c3ccccc3F)CC2)nc2ccccc21. The Morgan fingerprint density at radius 1 is 1.15 bits per heavy atom. The molecule has 0 bridgehead atoms. The van der Waals surface area contributed by atoms with Gasteiger partial charge in [0.2, 0.25) is 21.9 Å². The van der Waals surface area contributed by atoms with Crippen molar-refractivity contribution in [3.05, 3.63) is 54.3 Å². The van der Waals surface area contributed by atoms with Gasteiger partial charge in [0.25, 0.3) is 0 Å². The lowest BCUT2D eigenvalue weighted by molar-refractivity contribution is -0.121. The molecule has 1 aliphatic heterocycles. The van der Waals surface area contributed by atoms with Gasteiger partial charge >= 0.3 is 0 Å². The second kappa shape index (κ2) is 10.6. The average Bonchev–Trinajstić information content (AvgIpc) is 3.19. The van der Waals surface area contributed by atoms with Crippen LogP contribution in [0.4, 0.5) is 10.3 Å². The Hall–Kier alpha value is -2.82. The van der Waals surface area contributed by atoms with Gasteiger partial charge < -0.3 is 9.30 Å². The van der Waals surface area contributed by atoms with Crippen molar-refractivity contribution in [3.63, 3.8) is 0 Å². The number of benzene rings is 2. The molecule has 0 aliphatic carbocycles. The van der Waals surface area contributed by atoms with Gasteiger partial charge in [0.15, 0.2) is 0 Å². The normalized spacial score (nSPS) is 15.6. The summed E-state index contributed by atoms with van der Waals surface area (Å²) in [6, 6.07) is 13.0. The fourth-order valence-electron chi connectivity index (χ4n) is 4.23. The number of rotatable bonds is 9. The first-order valence-corrected chi connectivity index (χ1v) is 12.9. The van der Waals surface area contributed by atoms with E-state index in [2.05, 4.69) is 10.3 Å². The Balaban J connectivity index is 1.43. The van der Waals surface area contributed by atoms with Crippen LogP contribution in [-0.2, 0) is 26.1 Å². The molecular formula is C24H29FN4O4S. The molecule has 1 N–H and O–H groups in total. The summed E-state index contributed by atoms with van der Waals surface area (Å²) in [7, 11) is -3.94. The fourth-order valence-corrected chi connectivity index (χ4v) is 5.76. The number of carbonyl (C=O) groups excluding carboxylic acids is 1. The number of halogens is 1. The van der Waals surface area contributed by atoms with Gasteiger partial charge in [-0.2, -0.15) is 4.31 Å². The molecule has 0 unspecified atom stereocenters. The molecule has 1 fully saturated rings. The van der Waals surface area contributed by atoms with E-state index in [4.69, 9.17) is 4.74 Å². The number of hydrogen-bond donors (Lipinski definition) is 1. The Bertz CT molecular complexity index is 1250. The predicted molar refractivity (Wildman–Crippen MR) is 127 cm³/mol. The Kier molecular flexibility index (Phi) is 7.60. The molecule has 8 nitrogen and oxygen atoms in total. The zero-order valence-corrected chi connectivity index (χ0v) is 19.9. The standard InChI is InChI=1S/C24H29FN4O4S/c1-2-33-17-7-14-29-21-10-5-4-9-20(21)26-24(29)27-23(30)18-12-15-28(16-13-18)34(31,32)22-11-6-3-8-19(22)25/h3-6,8-11,18H,2,7,12-17H2,1H3,(H,26,27,30). The summed E-state index contributed by atoms with van der Waals surface area (Å²) < 4.78 is 48.4. The van der Waals surface area contributed by atoms with Crippen LogP contribution in [0.3, 0.4) is 0 Å². The van der Waals surface area contributed by atoms with E-state index in [9.17, 15) is 17.6 Å². The average molecular weight is 489 g/mol. The summed E-state index contributed by atoms with van der Waals surface area (Å²) in [5.74, 6) is -0.845. The highest BCUT2D eigenvalue weighted by Gasteiger charge is 2.33. The van der Waals surface area contributed by atoms with Crippen molar-refractivity contribution in [2.75, 3.05) is 31.6 Å². The number of carbonyl (C=O) groups is 1. The summed E-state index contributed by atoms with van der Waals surface area (Å²) in [4.78, 5) is 17.3. The third kappa shape index (κ3) is 5.13. The van der Waals surface area contributed by atoms with E-state index < -0.39 is 15.8 Å². The van der Waals surface area contributed by atoms with Crippen molar-refractivity contribution in [1.82, 2.24) is 13.9 Å². The first-order chi connectivity index (χ1) is 16.4. The second-order valence-electron chi connectivity index (χ2n) is 8.22. The number of aromatic nitrogens is 2. The number of ether oxygens (including phenoxy) is 1. The first kappa shape index (κ1) is 24.3. The molecule has 0 saturated carbocycles. The van der Waals surface area contributed by atoms with Gasteiger partial charge in [0.1, 0.15) is 10.7 Å². The Labute approximate surface area is 198 Å². The molecule has 10 heteroatoms. The molecule has 4 rings (SSSR count). The van der Waals surface area contributed by atoms with Crippen LogP contribution in [-0.4, -0.2) is 54.5 Å². The van der Waals surface area contributed by atoms with E-state index >= 15 is 0 Å². The number of para-hydroxylation sites is 2. The molecule has 1 saturated heterocycles. The predicted octanol–water partition coefficient (Wildman–Crippen LogP) is 3.64. The summed E-state index contributed by atoms with van der Waals surface area (Å²) in [6.07, 6.45) is 1.48. The molecule has 2 heterocycles. The van der Waals surface area contributed by atoms with Gasteiger partial charge in [0, 0.05) is 38.8 Å². The van der Waals surface area contributed by atoms with Crippen LogP contribution in [0.2, 0.25) is 0 Å². The van der Waals surface area contributed by atoms with Crippen LogP contribution >= 0.6 is 0 Å². The molecule has 1 aliphatic rings. The summed E-state index contributed by atoms with van der Waals surface area (Å²) in [5.41, 5.74) is 1.72. The number of hydrogen-bond acceptors (Lipinski definition) is 5. The second-order valence-corrected chi connectivity index (χ2v) is 10.1. The summed E-state index contributed by atoms with van der Waals surface area (Å²) in [5, 5.41) is 2.95. The highest BCUT2D eigenvalue weighted by Crippen LogP contribution is 2.27. The maximum absolute atomic E-state index is 14.1. The minimum absolute atomic E-state index is 0.152. The smallest absolute Gasteiger partial charge is 0.245 e. The number of aryl methyl sites for hydroxylation is 1. The quantitative estimate of drug-likeness (QED) is 0.464. The zero-order chi connectivity index (χ0) is 24.1. The van der Waals surface area contributed by atoms with Gasteiger partial charge in [-0.15, -0.1) is 0 Å². The molecule has 1 aromatic heterocycles. The topological polar surface area (TPSA) is 93.5 Å². The fraction of sp³-hybridized carbons (Fsp3) is 0.417. The first-order valence-electron chi connectivity index (χ1n) is 11.5. The van der Waals surface area contributed by atoms with Gasteiger partial charge in [-0.25, -0.2) is 17.8 Å². The molecule has 2 aromatic carbocycles. The molecule has 0 spiro atoms. The minimum Gasteiger partial charge on any atom is -0.382 e. The largest absolute Gasteiger partial charge is 0.382 e. The Morgan fingerprint density at radius 3 is 2.59 bits per heavy atom. The van der Waals surface area contributed by atoms with E-state index in [0.717, 1.165) is 23.5 Å². The van der Waals surface area contributed by atoms with Crippen LogP contribution in [0.15, 0.2) is 53.4 Å². The van der Waals surface area contributed by atoms with Crippen molar-refractivity contribution >= 4 is 32.9 Å². The van der Waals surface area contributed by atoms with Gasteiger partial charge in [-0.3, -0.25) is 10.1 Å².